The van der Waals surface area contributed by atoms with Gasteiger partial charge in [-0.05, 0) is 31.0 Å². The van der Waals surface area contributed by atoms with E-state index in [1.807, 2.05) is 6.07 Å². The summed E-state index contributed by atoms with van der Waals surface area (Å²) in [6.07, 6.45) is 0.227. The molecule has 3 N–H and O–H groups in total. The third-order valence-corrected chi connectivity index (χ3v) is 6.50. The Labute approximate surface area is 172 Å². The van der Waals surface area contributed by atoms with E-state index in [9.17, 15) is 18.3 Å². The number of aryl methyl sites for hydroxylation is 1. The molecule has 3 aromatic rings. The molecule has 0 unspecified atom stereocenters. The summed E-state index contributed by atoms with van der Waals surface area (Å²) < 4.78 is 33.8. The highest BCUT2D eigenvalue weighted by molar-refractivity contribution is 7.89. The van der Waals surface area contributed by atoms with E-state index in [2.05, 4.69) is 15.0 Å². The second-order valence-electron chi connectivity index (χ2n) is 6.33. The highest BCUT2D eigenvalue weighted by Gasteiger charge is 2.25. The van der Waals surface area contributed by atoms with Crippen molar-refractivity contribution < 1.29 is 22.7 Å². The number of furan rings is 1. The van der Waals surface area contributed by atoms with Crippen molar-refractivity contribution in [3.05, 3.63) is 53.7 Å². The molecule has 29 heavy (non-hydrogen) atoms. The van der Waals surface area contributed by atoms with Crippen LogP contribution in [-0.2, 0) is 14.8 Å². The molecule has 154 valence electrons. The summed E-state index contributed by atoms with van der Waals surface area (Å²) in [5.41, 5.74) is 1.36. The molecule has 0 aliphatic carbocycles. The van der Waals surface area contributed by atoms with Crippen molar-refractivity contribution in [3.8, 4) is 10.6 Å². The summed E-state index contributed by atoms with van der Waals surface area (Å²) >= 11 is 1.20. The summed E-state index contributed by atoms with van der Waals surface area (Å²) in [5, 5.41) is 12.1. The van der Waals surface area contributed by atoms with Gasteiger partial charge in [-0.25, -0.2) is 18.1 Å². The van der Waals surface area contributed by atoms with Gasteiger partial charge in [0.25, 0.3) is 10.0 Å². The number of carbonyl (C=O) groups excluding carboxylic acids is 1. The first-order valence-electron chi connectivity index (χ1n) is 8.83. The minimum atomic E-state index is -3.96. The average molecular weight is 436 g/mol. The fraction of sp³-hybridized carbons (Fsp3) is 0.263. The lowest BCUT2D eigenvalue weighted by Gasteiger charge is -2.17. The molecule has 0 aliphatic heterocycles. The van der Waals surface area contributed by atoms with Crippen LogP contribution in [0, 0.1) is 6.92 Å². The average Bonchev–Trinajstić information content (AvgIpc) is 3.28. The van der Waals surface area contributed by atoms with Crippen LogP contribution in [0.4, 0.5) is 5.13 Å². The van der Waals surface area contributed by atoms with Crippen LogP contribution in [0.15, 0.2) is 52.0 Å². The van der Waals surface area contributed by atoms with Crippen LogP contribution in [0.1, 0.15) is 30.6 Å². The van der Waals surface area contributed by atoms with Crippen molar-refractivity contribution in [1.82, 2.24) is 9.71 Å². The number of hydrogen-bond donors (Lipinski definition) is 3. The standard InChI is InChI=1S/C19H21N3O5S2/c1-12-18(28-19(20-12)21-13(2)24)16-8-9-17(27-16)29(25,26)22-15(10-11-23)14-6-4-3-5-7-14/h3-9,15,22-23H,10-11H2,1-2H3,(H,20,21,24)/t15-/m0/s1. The molecule has 2 heterocycles. The van der Waals surface area contributed by atoms with Crippen LogP contribution in [0.25, 0.3) is 10.6 Å². The second kappa shape index (κ2) is 8.87. The molecule has 0 saturated carbocycles. The predicted octanol–water partition coefficient (Wildman–Crippen LogP) is 3.07. The highest BCUT2D eigenvalue weighted by Crippen LogP contribution is 2.35. The van der Waals surface area contributed by atoms with Gasteiger partial charge in [0, 0.05) is 19.6 Å². The Morgan fingerprint density at radius 3 is 2.62 bits per heavy atom. The lowest BCUT2D eigenvalue weighted by molar-refractivity contribution is -0.114. The van der Waals surface area contributed by atoms with Crippen LogP contribution in [-0.4, -0.2) is 31.0 Å². The van der Waals surface area contributed by atoms with Gasteiger partial charge in [-0.15, -0.1) is 0 Å². The van der Waals surface area contributed by atoms with Crippen molar-refractivity contribution >= 4 is 32.4 Å². The maximum Gasteiger partial charge on any atom is 0.274 e. The van der Waals surface area contributed by atoms with Crippen molar-refractivity contribution in [2.45, 2.75) is 31.4 Å². The molecule has 8 nitrogen and oxygen atoms in total. The molecule has 2 aromatic heterocycles. The minimum absolute atomic E-state index is 0.169. The van der Waals surface area contributed by atoms with Gasteiger partial charge in [0.1, 0.15) is 5.76 Å². The number of nitrogens with one attached hydrogen (secondary N) is 2. The molecule has 0 spiro atoms. The summed E-state index contributed by atoms with van der Waals surface area (Å²) in [6.45, 7) is 2.96. The van der Waals surface area contributed by atoms with Crippen LogP contribution >= 0.6 is 11.3 Å². The number of thiazole rings is 1. The van der Waals surface area contributed by atoms with E-state index in [1.54, 1.807) is 37.3 Å². The molecule has 0 radical (unpaired) electrons. The quantitative estimate of drug-likeness (QED) is 0.500. The Kier molecular flexibility index (Phi) is 6.48. The molecular weight excluding hydrogens is 414 g/mol. The number of hydrogen-bond acceptors (Lipinski definition) is 7. The van der Waals surface area contributed by atoms with Crippen molar-refractivity contribution in [1.29, 1.82) is 0 Å². The zero-order valence-electron chi connectivity index (χ0n) is 15.9. The Morgan fingerprint density at radius 2 is 1.97 bits per heavy atom. The van der Waals surface area contributed by atoms with Crippen molar-refractivity contribution in [2.75, 3.05) is 11.9 Å². The number of aliphatic hydroxyl groups is 1. The Hall–Kier alpha value is -2.53. The normalized spacial score (nSPS) is 12.7. The van der Waals surface area contributed by atoms with E-state index in [0.717, 1.165) is 5.56 Å². The van der Waals surface area contributed by atoms with E-state index >= 15 is 0 Å². The first-order chi connectivity index (χ1) is 13.8. The van der Waals surface area contributed by atoms with Gasteiger partial charge in [0.15, 0.2) is 5.13 Å². The largest absolute Gasteiger partial charge is 0.442 e. The van der Waals surface area contributed by atoms with Gasteiger partial charge >= 0.3 is 0 Å². The fourth-order valence-corrected chi connectivity index (χ4v) is 4.93. The third-order valence-electron chi connectivity index (χ3n) is 4.07. The summed E-state index contributed by atoms with van der Waals surface area (Å²) in [5.74, 6) is 0.100. The maximum absolute atomic E-state index is 12.8. The monoisotopic (exact) mass is 435 g/mol. The zero-order valence-corrected chi connectivity index (χ0v) is 17.5. The number of rotatable bonds is 8. The molecule has 1 aromatic carbocycles. The molecule has 0 aliphatic rings. The van der Waals surface area contributed by atoms with Crippen LogP contribution in [0.2, 0.25) is 0 Å². The van der Waals surface area contributed by atoms with Gasteiger partial charge in [-0.3, -0.25) is 4.79 Å². The van der Waals surface area contributed by atoms with Gasteiger partial charge in [0.05, 0.1) is 10.6 Å². The predicted molar refractivity (Wildman–Crippen MR) is 110 cm³/mol. The Bertz CT molecular complexity index is 1090. The Balaban J connectivity index is 1.85. The number of aromatic nitrogens is 1. The van der Waals surface area contributed by atoms with Crippen LogP contribution < -0.4 is 10.0 Å². The number of sulfonamides is 1. The lowest BCUT2D eigenvalue weighted by atomic mass is 10.1. The van der Waals surface area contributed by atoms with Gasteiger partial charge in [-0.2, -0.15) is 0 Å². The number of nitrogens with zero attached hydrogens (tertiary/aromatic N) is 1. The van der Waals surface area contributed by atoms with Gasteiger partial charge < -0.3 is 14.8 Å². The smallest absolute Gasteiger partial charge is 0.274 e. The zero-order chi connectivity index (χ0) is 21.0. The first kappa shape index (κ1) is 21.2. The molecule has 1 amide bonds. The Morgan fingerprint density at radius 1 is 1.24 bits per heavy atom. The fourth-order valence-electron chi connectivity index (χ4n) is 2.77. The van der Waals surface area contributed by atoms with Crippen molar-refractivity contribution in [2.24, 2.45) is 0 Å². The van der Waals surface area contributed by atoms with E-state index in [4.69, 9.17) is 4.42 Å². The molecular formula is C19H21N3O5S2. The summed E-state index contributed by atoms with van der Waals surface area (Å²) in [7, 11) is -3.96. The summed E-state index contributed by atoms with van der Waals surface area (Å²) in [4.78, 5) is 16.1. The molecule has 1 atom stereocenters. The van der Waals surface area contributed by atoms with E-state index in [-0.39, 0.29) is 24.0 Å². The number of aliphatic hydroxyl groups excluding tert-OH is 1. The third kappa shape index (κ3) is 5.10. The molecule has 0 fully saturated rings. The van der Waals surface area contributed by atoms with E-state index < -0.39 is 16.1 Å². The topological polar surface area (TPSA) is 122 Å². The summed E-state index contributed by atoms with van der Waals surface area (Å²) in [6, 6.07) is 11.4. The molecule has 10 heteroatoms. The lowest BCUT2D eigenvalue weighted by Crippen LogP contribution is -2.29. The first-order valence-corrected chi connectivity index (χ1v) is 11.1. The SMILES string of the molecule is CC(=O)Nc1nc(C)c(-c2ccc(S(=O)(=O)N[C@@H](CCO)c3ccccc3)o2)s1. The number of amides is 1. The van der Waals surface area contributed by atoms with Crippen molar-refractivity contribution in [3.63, 3.8) is 0 Å². The molecule has 3 rings (SSSR count). The van der Waals surface area contributed by atoms with Gasteiger partial charge in [0.2, 0.25) is 11.0 Å². The molecule has 0 bridgehead atoms. The number of benzene rings is 1. The van der Waals surface area contributed by atoms with E-state index in [0.29, 0.717) is 21.5 Å². The minimum Gasteiger partial charge on any atom is -0.442 e. The number of carbonyl (C=O) groups is 1. The van der Waals surface area contributed by atoms with Crippen LogP contribution in [0.5, 0.6) is 0 Å². The van der Waals surface area contributed by atoms with Crippen LogP contribution in [0.3, 0.4) is 0 Å². The molecule has 0 saturated heterocycles. The number of anilines is 1. The van der Waals surface area contributed by atoms with Gasteiger partial charge in [-0.1, -0.05) is 41.7 Å². The maximum atomic E-state index is 12.8. The highest BCUT2D eigenvalue weighted by atomic mass is 32.2. The van der Waals surface area contributed by atoms with E-state index in [1.165, 1.54) is 24.3 Å². The second-order valence-corrected chi connectivity index (χ2v) is 8.97.